The van der Waals surface area contributed by atoms with E-state index in [1.54, 1.807) is 23.1 Å². The molecule has 2 aromatic carbocycles. The number of piperazine rings is 1. The van der Waals surface area contributed by atoms with Crippen molar-refractivity contribution in [3.8, 4) is 0 Å². The van der Waals surface area contributed by atoms with Crippen molar-refractivity contribution in [2.45, 2.75) is 4.90 Å². The Labute approximate surface area is 163 Å². The highest BCUT2D eigenvalue weighted by Gasteiger charge is 2.30. The topological polar surface area (TPSA) is 78.0 Å². The molecule has 2 aromatic rings. The van der Waals surface area contributed by atoms with Gasteiger partial charge in [-0.05, 0) is 36.4 Å². The van der Waals surface area contributed by atoms with Crippen LogP contribution in [0.25, 0.3) is 0 Å². The highest BCUT2D eigenvalue weighted by atomic mass is 32.2. The molecule has 0 bridgehead atoms. The summed E-state index contributed by atoms with van der Waals surface area (Å²) in [7, 11) is -4.02. The fraction of sp³-hybridized carbons (Fsp3) is 0.263. The van der Waals surface area contributed by atoms with Crippen molar-refractivity contribution in [1.82, 2.24) is 9.80 Å². The van der Waals surface area contributed by atoms with E-state index in [2.05, 4.69) is 0 Å². The van der Waals surface area contributed by atoms with E-state index < -0.39 is 22.4 Å². The first kappa shape index (κ1) is 19.8. The summed E-state index contributed by atoms with van der Waals surface area (Å²) in [6.07, 6.45) is 0.729. The summed E-state index contributed by atoms with van der Waals surface area (Å²) in [5.74, 6) is -0.883. The van der Waals surface area contributed by atoms with Crippen LogP contribution in [0.5, 0.6) is 0 Å². The van der Waals surface area contributed by atoms with Gasteiger partial charge < -0.3 is 9.80 Å². The molecule has 2 amide bonds. The SMILES string of the molecule is O=CN1CCN(C(=O)CN(c2ccc(F)cc2)S(=O)(=O)c2ccccc2)CC1. The van der Waals surface area contributed by atoms with E-state index >= 15 is 0 Å². The summed E-state index contributed by atoms with van der Waals surface area (Å²) in [5, 5.41) is 0. The van der Waals surface area contributed by atoms with Gasteiger partial charge in [0.15, 0.2) is 0 Å². The lowest BCUT2D eigenvalue weighted by molar-refractivity contribution is -0.133. The van der Waals surface area contributed by atoms with Crippen LogP contribution in [0.3, 0.4) is 0 Å². The second-order valence-electron chi connectivity index (χ2n) is 6.32. The van der Waals surface area contributed by atoms with Gasteiger partial charge in [-0.3, -0.25) is 13.9 Å². The summed E-state index contributed by atoms with van der Waals surface area (Å²) in [6, 6.07) is 12.7. The fourth-order valence-electron chi connectivity index (χ4n) is 2.94. The standard InChI is InChI=1S/C19H20FN3O4S/c20-16-6-8-17(9-7-16)23(28(26,27)18-4-2-1-3-5-18)14-19(25)22-12-10-21(15-24)11-13-22/h1-9,15H,10-14H2. The van der Waals surface area contributed by atoms with Crippen LogP contribution in [-0.4, -0.2) is 63.3 Å². The first-order valence-electron chi connectivity index (χ1n) is 8.72. The molecule has 0 atom stereocenters. The van der Waals surface area contributed by atoms with Crippen molar-refractivity contribution in [2.75, 3.05) is 37.0 Å². The Bertz CT molecular complexity index is 927. The largest absolute Gasteiger partial charge is 0.342 e. The Morgan fingerprint density at radius 3 is 2.18 bits per heavy atom. The van der Waals surface area contributed by atoms with Crippen molar-refractivity contribution in [2.24, 2.45) is 0 Å². The summed E-state index contributed by atoms with van der Waals surface area (Å²) < 4.78 is 40.6. The van der Waals surface area contributed by atoms with Crippen LogP contribution in [0.2, 0.25) is 0 Å². The summed E-state index contributed by atoms with van der Waals surface area (Å²) in [6.45, 7) is 1.05. The average molecular weight is 405 g/mol. The number of carbonyl (C=O) groups is 2. The molecule has 148 valence electrons. The smallest absolute Gasteiger partial charge is 0.264 e. The van der Waals surface area contributed by atoms with Gasteiger partial charge in [0.2, 0.25) is 12.3 Å². The second kappa shape index (κ2) is 8.39. The third-order valence-electron chi connectivity index (χ3n) is 4.54. The Kier molecular flexibility index (Phi) is 5.93. The van der Waals surface area contributed by atoms with Gasteiger partial charge in [-0.2, -0.15) is 0 Å². The van der Waals surface area contributed by atoms with Gasteiger partial charge >= 0.3 is 0 Å². The number of rotatable bonds is 6. The Balaban J connectivity index is 1.88. The lowest BCUT2D eigenvalue weighted by Crippen LogP contribution is -2.51. The number of sulfonamides is 1. The highest BCUT2D eigenvalue weighted by molar-refractivity contribution is 7.92. The first-order valence-corrected chi connectivity index (χ1v) is 10.2. The van der Waals surface area contributed by atoms with Crippen molar-refractivity contribution >= 4 is 28.0 Å². The Morgan fingerprint density at radius 2 is 1.61 bits per heavy atom. The molecule has 1 fully saturated rings. The Hall–Kier alpha value is -2.94. The van der Waals surface area contributed by atoms with Gasteiger partial charge in [0.25, 0.3) is 10.0 Å². The van der Waals surface area contributed by atoms with Gasteiger partial charge in [-0.25, -0.2) is 12.8 Å². The van der Waals surface area contributed by atoms with Crippen LogP contribution in [0.4, 0.5) is 10.1 Å². The van der Waals surface area contributed by atoms with Crippen LogP contribution in [0.1, 0.15) is 0 Å². The summed E-state index contributed by atoms with van der Waals surface area (Å²) in [4.78, 5) is 26.7. The molecule has 1 aliphatic heterocycles. The molecule has 0 spiro atoms. The van der Waals surface area contributed by atoms with Gasteiger partial charge in [0, 0.05) is 26.2 Å². The molecular weight excluding hydrogens is 385 g/mol. The molecule has 0 N–H and O–H groups in total. The van der Waals surface area contributed by atoms with Gasteiger partial charge in [-0.15, -0.1) is 0 Å². The van der Waals surface area contributed by atoms with E-state index in [9.17, 15) is 22.4 Å². The maximum absolute atomic E-state index is 13.3. The Morgan fingerprint density at radius 1 is 1.00 bits per heavy atom. The molecule has 9 heteroatoms. The minimum absolute atomic E-state index is 0.0397. The lowest BCUT2D eigenvalue weighted by atomic mass is 10.3. The molecule has 0 aliphatic carbocycles. The van der Waals surface area contributed by atoms with Gasteiger partial charge in [0.1, 0.15) is 12.4 Å². The predicted octanol–water partition coefficient (Wildman–Crippen LogP) is 1.32. The molecule has 0 radical (unpaired) electrons. The highest BCUT2D eigenvalue weighted by Crippen LogP contribution is 2.24. The number of anilines is 1. The third kappa shape index (κ3) is 4.30. The molecule has 0 aromatic heterocycles. The number of nitrogens with zero attached hydrogens (tertiary/aromatic N) is 3. The van der Waals surface area contributed by atoms with Gasteiger partial charge in [-0.1, -0.05) is 18.2 Å². The molecule has 28 heavy (non-hydrogen) atoms. The number of hydrogen-bond donors (Lipinski definition) is 0. The third-order valence-corrected chi connectivity index (χ3v) is 6.33. The molecule has 0 unspecified atom stereocenters. The minimum atomic E-state index is -4.02. The number of hydrogen-bond acceptors (Lipinski definition) is 4. The lowest BCUT2D eigenvalue weighted by Gasteiger charge is -2.34. The van der Waals surface area contributed by atoms with E-state index in [-0.39, 0.29) is 16.5 Å². The number of amides is 2. The molecule has 1 aliphatic rings. The normalized spacial score (nSPS) is 14.6. The second-order valence-corrected chi connectivity index (χ2v) is 8.19. The van der Waals surface area contributed by atoms with E-state index in [4.69, 9.17) is 0 Å². The number of carbonyl (C=O) groups excluding carboxylic acids is 2. The van der Waals surface area contributed by atoms with E-state index in [1.807, 2.05) is 0 Å². The minimum Gasteiger partial charge on any atom is -0.342 e. The van der Waals surface area contributed by atoms with Crippen molar-refractivity contribution in [3.63, 3.8) is 0 Å². The van der Waals surface area contributed by atoms with Gasteiger partial charge in [0.05, 0.1) is 10.6 Å². The molecule has 7 nitrogen and oxygen atoms in total. The maximum atomic E-state index is 13.3. The van der Waals surface area contributed by atoms with E-state index in [1.165, 1.54) is 29.2 Å². The monoisotopic (exact) mass is 405 g/mol. The van der Waals surface area contributed by atoms with Crippen LogP contribution < -0.4 is 4.31 Å². The fourth-order valence-corrected chi connectivity index (χ4v) is 4.38. The first-order chi connectivity index (χ1) is 13.4. The van der Waals surface area contributed by atoms with Crippen LogP contribution in [0, 0.1) is 5.82 Å². The average Bonchev–Trinajstić information content (AvgIpc) is 2.73. The molecular formula is C19H20FN3O4S. The molecule has 3 rings (SSSR count). The number of halogens is 1. The van der Waals surface area contributed by atoms with E-state index in [0.29, 0.717) is 26.2 Å². The van der Waals surface area contributed by atoms with Crippen LogP contribution >= 0.6 is 0 Å². The zero-order valence-corrected chi connectivity index (χ0v) is 15.9. The zero-order valence-electron chi connectivity index (χ0n) is 15.1. The molecule has 0 saturated carbocycles. The van der Waals surface area contributed by atoms with Crippen molar-refractivity contribution in [1.29, 1.82) is 0 Å². The van der Waals surface area contributed by atoms with Crippen molar-refractivity contribution < 1.29 is 22.4 Å². The van der Waals surface area contributed by atoms with Crippen molar-refractivity contribution in [3.05, 3.63) is 60.4 Å². The maximum Gasteiger partial charge on any atom is 0.264 e. The van der Waals surface area contributed by atoms with Crippen LogP contribution in [0.15, 0.2) is 59.5 Å². The molecule has 1 heterocycles. The summed E-state index contributed by atoms with van der Waals surface area (Å²) >= 11 is 0. The predicted molar refractivity (Wildman–Crippen MR) is 102 cm³/mol. The zero-order chi connectivity index (χ0) is 20.1. The quantitative estimate of drug-likeness (QED) is 0.679. The summed E-state index contributed by atoms with van der Waals surface area (Å²) in [5.41, 5.74) is 0.199. The molecule has 1 saturated heterocycles. The van der Waals surface area contributed by atoms with E-state index in [0.717, 1.165) is 22.8 Å². The number of benzene rings is 2. The van der Waals surface area contributed by atoms with Crippen LogP contribution in [-0.2, 0) is 19.6 Å².